The van der Waals surface area contributed by atoms with E-state index in [-0.39, 0.29) is 18.2 Å². The average Bonchev–Trinajstić information content (AvgIpc) is 2.73. The molecule has 2 unspecified atom stereocenters. The van der Waals surface area contributed by atoms with Gasteiger partial charge in [-0.05, 0) is 75.6 Å². The summed E-state index contributed by atoms with van der Waals surface area (Å²) in [4.78, 5) is 24.3. The van der Waals surface area contributed by atoms with Crippen LogP contribution >= 0.6 is 0 Å². The summed E-state index contributed by atoms with van der Waals surface area (Å²) >= 11 is 0. The summed E-state index contributed by atoms with van der Waals surface area (Å²) in [5.41, 5.74) is 4.80. The number of nitrogens with one attached hydrogen (secondary N) is 1. The van der Waals surface area contributed by atoms with Gasteiger partial charge in [-0.15, -0.1) is 0 Å². The Morgan fingerprint density at radius 3 is 2.39 bits per heavy atom. The summed E-state index contributed by atoms with van der Waals surface area (Å²) < 4.78 is 5.45. The normalized spacial score (nSPS) is 19.8. The molecule has 2 aromatic carbocycles. The van der Waals surface area contributed by atoms with Crippen LogP contribution in [-0.2, 0) is 28.9 Å². The third-order valence-electron chi connectivity index (χ3n) is 5.77. The number of aryl methyl sites for hydroxylation is 1. The molecule has 2 aromatic rings. The number of benzene rings is 2. The van der Waals surface area contributed by atoms with Gasteiger partial charge < -0.3 is 15.0 Å². The van der Waals surface area contributed by atoms with Crippen molar-refractivity contribution >= 4 is 12.5 Å². The molecule has 1 N–H and O–H groups in total. The molecule has 2 aliphatic rings. The number of carbonyl (C=O) groups is 2. The molecule has 2 amide bonds. The third kappa shape index (κ3) is 6.09. The number of hydrogen-bond acceptors (Lipinski definition) is 3. The van der Waals surface area contributed by atoms with Crippen LogP contribution in [0.15, 0.2) is 48.5 Å². The molecule has 0 radical (unpaired) electrons. The fourth-order valence-electron chi connectivity index (χ4n) is 4.25. The topological polar surface area (TPSA) is 58.6 Å². The minimum absolute atomic E-state index is 0.190. The van der Waals surface area contributed by atoms with Crippen molar-refractivity contribution in [3.05, 3.63) is 70.8 Å². The number of fused-ring (bicyclic) bond motifs is 2. The Hall–Kier alpha value is -2.82. The third-order valence-corrected chi connectivity index (χ3v) is 5.77. The van der Waals surface area contributed by atoms with Crippen LogP contribution in [0.5, 0.6) is 0 Å². The number of ether oxygens (including phenoxy) is 1. The molecular formula is C26H34N2O3. The van der Waals surface area contributed by atoms with Crippen LogP contribution in [0.1, 0.15) is 68.8 Å². The van der Waals surface area contributed by atoms with Gasteiger partial charge in [0.25, 0.3) is 0 Å². The Bertz CT molecular complexity index is 904. The molecule has 0 saturated heterocycles. The maximum absolute atomic E-state index is 12.1. The molecular weight excluding hydrogens is 388 g/mol. The SMILES string of the molecule is CC1Cc2ccccc2CN1C(=O)OC(C)(C)C.O=CNC1CCCc2ccccc21. The Labute approximate surface area is 185 Å². The molecule has 0 fully saturated rings. The van der Waals surface area contributed by atoms with Crippen LogP contribution in [0.4, 0.5) is 4.79 Å². The molecule has 4 rings (SSSR count). The van der Waals surface area contributed by atoms with E-state index in [0.29, 0.717) is 6.54 Å². The number of rotatable bonds is 2. The lowest BCUT2D eigenvalue weighted by molar-refractivity contribution is -0.110. The highest BCUT2D eigenvalue weighted by Gasteiger charge is 2.30. The first-order chi connectivity index (χ1) is 14.8. The highest BCUT2D eigenvalue weighted by molar-refractivity contribution is 5.69. The number of hydrogen-bond donors (Lipinski definition) is 1. The smallest absolute Gasteiger partial charge is 0.410 e. The van der Waals surface area contributed by atoms with Crippen molar-refractivity contribution in [1.82, 2.24) is 10.2 Å². The quantitative estimate of drug-likeness (QED) is 0.679. The lowest BCUT2D eigenvalue weighted by Crippen LogP contribution is -2.45. The Balaban J connectivity index is 0.000000185. The van der Waals surface area contributed by atoms with Crippen molar-refractivity contribution < 1.29 is 14.3 Å². The number of carbonyl (C=O) groups excluding carboxylic acids is 2. The maximum atomic E-state index is 12.1. The Kier molecular flexibility index (Phi) is 7.37. The highest BCUT2D eigenvalue weighted by atomic mass is 16.6. The molecule has 1 aliphatic carbocycles. The first kappa shape index (κ1) is 22.9. The molecule has 166 valence electrons. The van der Waals surface area contributed by atoms with Gasteiger partial charge in [-0.2, -0.15) is 0 Å². The first-order valence-electron chi connectivity index (χ1n) is 11.1. The van der Waals surface area contributed by atoms with Crippen molar-refractivity contribution in [2.24, 2.45) is 0 Å². The van der Waals surface area contributed by atoms with E-state index in [1.807, 2.05) is 37.8 Å². The molecule has 2 atom stereocenters. The molecule has 31 heavy (non-hydrogen) atoms. The van der Waals surface area contributed by atoms with Crippen molar-refractivity contribution in [3.63, 3.8) is 0 Å². The van der Waals surface area contributed by atoms with Crippen LogP contribution in [0.3, 0.4) is 0 Å². The van der Waals surface area contributed by atoms with E-state index in [2.05, 4.69) is 48.6 Å². The minimum Gasteiger partial charge on any atom is -0.444 e. The summed E-state index contributed by atoms with van der Waals surface area (Å²) in [6.45, 7) is 8.40. The predicted molar refractivity (Wildman–Crippen MR) is 123 cm³/mol. The zero-order chi connectivity index (χ0) is 22.4. The van der Waals surface area contributed by atoms with Gasteiger partial charge in [0.2, 0.25) is 6.41 Å². The van der Waals surface area contributed by atoms with E-state index in [9.17, 15) is 9.59 Å². The second-order valence-corrected chi connectivity index (χ2v) is 9.36. The molecule has 1 aliphatic heterocycles. The molecule has 0 saturated carbocycles. The molecule has 0 bridgehead atoms. The van der Waals surface area contributed by atoms with Crippen LogP contribution < -0.4 is 5.32 Å². The van der Waals surface area contributed by atoms with Gasteiger partial charge in [0, 0.05) is 12.6 Å². The van der Waals surface area contributed by atoms with E-state index < -0.39 is 5.60 Å². The second kappa shape index (κ2) is 9.99. The van der Waals surface area contributed by atoms with Crippen molar-refractivity contribution in [2.75, 3.05) is 0 Å². The van der Waals surface area contributed by atoms with Gasteiger partial charge in [-0.1, -0.05) is 48.5 Å². The Morgan fingerprint density at radius 1 is 1.06 bits per heavy atom. The number of nitrogens with zero attached hydrogens (tertiary/aromatic N) is 1. The summed E-state index contributed by atoms with van der Waals surface area (Å²) in [5, 5.41) is 2.86. The van der Waals surface area contributed by atoms with Crippen molar-refractivity contribution in [3.8, 4) is 0 Å². The lowest BCUT2D eigenvalue weighted by Gasteiger charge is -2.36. The van der Waals surface area contributed by atoms with Gasteiger partial charge in [0.15, 0.2) is 0 Å². The van der Waals surface area contributed by atoms with Crippen LogP contribution in [-0.4, -0.2) is 29.0 Å². The lowest BCUT2D eigenvalue weighted by atomic mass is 9.88. The molecule has 0 aromatic heterocycles. The first-order valence-corrected chi connectivity index (χ1v) is 11.1. The molecule has 1 heterocycles. The maximum Gasteiger partial charge on any atom is 0.410 e. The fourth-order valence-corrected chi connectivity index (χ4v) is 4.25. The van der Waals surface area contributed by atoms with Crippen LogP contribution in [0.2, 0.25) is 0 Å². The number of amides is 2. The van der Waals surface area contributed by atoms with E-state index in [0.717, 1.165) is 25.7 Å². The van der Waals surface area contributed by atoms with Gasteiger partial charge in [0.05, 0.1) is 6.04 Å². The van der Waals surface area contributed by atoms with Crippen molar-refractivity contribution in [1.29, 1.82) is 0 Å². The van der Waals surface area contributed by atoms with Crippen LogP contribution in [0, 0.1) is 0 Å². The minimum atomic E-state index is -0.437. The average molecular weight is 423 g/mol. The monoisotopic (exact) mass is 422 g/mol. The van der Waals surface area contributed by atoms with E-state index >= 15 is 0 Å². The zero-order valence-corrected chi connectivity index (χ0v) is 19.1. The largest absolute Gasteiger partial charge is 0.444 e. The van der Waals surface area contributed by atoms with Gasteiger partial charge in [-0.3, -0.25) is 4.79 Å². The molecule has 0 spiro atoms. The second-order valence-electron chi connectivity index (χ2n) is 9.36. The summed E-state index contributed by atoms with van der Waals surface area (Å²) in [6, 6.07) is 17.1. The van der Waals surface area contributed by atoms with E-state index in [1.165, 1.54) is 28.7 Å². The fraction of sp³-hybridized carbons (Fsp3) is 0.462. The molecule has 5 nitrogen and oxygen atoms in total. The van der Waals surface area contributed by atoms with E-state index in [1.54, 1.807) is 0 Å². The van der Waals surface area contributed by atoms with Gasteiger partial charge in [-0.25, -0.2) is 4.79 Å². The summed E-state index contributed by atoms with van der Waals surface area (Å²) in [7, 11) is 0. The summed E-state index contributed by atoms with van der Waals surface area (Å²) in [6.07, 6.45) is 4.86. The summed E-state index contributed by atoms with van der Waals surface area (Å²) in [5.74, 6) is 0. The van der Waals surface area contributed by atoms with Crippen molar-refractivity contribution in [2.45, 2.75) is 77.6 Å². The Morgan fingerprint density at radius 2 is 1.71 bits per heavy atom. The van der Waals surface area contributed by atoms with Gasteiger partial charge in [0.1, 0.15) is 5.60 Å². The standard InChI is InChI=1S/C15H21NO2.C11H13NO/c1-11-9-12-7-5-6-8-13(12)10-16(11)14(17)18-15(2,3)4;13-8-12-11-7-3-5-9-4-1-2-6-10(9)11/h5-8,11H,9-10H2,1-4H3;1-2,4,6,8,11H,3,5,7H2,(H,12,13). The van der Waals surface area contributed by atoms with Crippen LogP contribution in [0.25, 0.3) is 0 Å². The van der Waals surface area contributed by atoms with Gasteiger partial charge >= 0.3 is 6.09 Å². The zero-order valence-electron chi connectivity index (χ0n) is 19.1. The predicted octanol–water partition coefficient (Wildman–Crippen LogP) is 5.18. The van der Waals surface area contributed by atoms with E-state index in [4.69, 9.17) is 4.74 Å². The molecule has 5 heteroatoms. The highest BCUT2D eigenvalue weighted by Crippen LogP contribution is 2.29.